The van der Waals surface area contributed by atoms with Crippen LogP contribution >= 0.6 is 0 Å². The fourth-order valence-electron chi connectivity index (χ4n) is 11.0. The Bertz CT molecular complexity index is 4420. The zero-order chi connectivity index (χ0) is 45.2. The third-order valence-corrected chi connectivity index (χ3v) is 14.3. The zero-order valence-electron chi connectivity index (χ0n) is 37.1. The molecule has 0 amide bonds. The van der Waals surface area contributed by atoms with E-state index in [1.54, 1.807) is 0 Å². The molecule has 0 saturated heterocycles. The highest BCUT2D eigenvalue weighted by atomic mass is 16.3. The number of fused-ring (bicyclic) bond motifs is 12. The molecule has 1 aliphatic heterocycles. The molecular weight excluding hydrogens is 843 g/mol. The normalized spacial score (nSPS) is 14.2. The molecular formula is C63H39N5O. The maximum absolute atomic E-state index is 7.24. The molecule has 6 heteroatoms. The Balaban J connectivity index is 1.04. The first-order chi connectivity index (χ1) is 34.2. The van der Waals surface area contributed by atoms with Gasteiger partial charge in [0.25, 0.3) is 0 Å². The molecule has 69 heavy (non-hydrogen) atoms. The second-order valence-corrected chi connectivity index (χ2v) is 18.2. The highest BCUT2D eigenvalue weighted by Gasteiger charge is 2.28. The van der Waals surface area contributed by atoms with Crippen LogP contribution in [0.25, 0.3) is 109 Å². The Morgan fingerprint density at radius 2 is 0.942 bits per heavy atom. The van der Waals surface area contributed by atoms with Crippen molar-refractivity contribution in [3.63, 3.8) is 0 Å². The number of benzene rings is 11. The van der Waals surface area contributed by atoms with Crippen LogP contribution < -0.4 is 5.32 Å². The number of rotatable bonds is 5. The lowest BCUT2D eigenvalue weighted by Gasteiger charge is -2.25. The molecule has 1 N–H and O–H groups in total. The van der Waals surface area contributed by atoms with E-state index in [1.165, 1.54) is 37.7 Å². The summed E-state index contributed by atoms with van der Waals surface area (Å²) in [6.07, 6.45) is -0.431. The third kappa shape index (κ3) is 5.79. The molecule has 0 saturated carbocycles. The van der Waals surface area contributed by atoms with Gasteiger partial charge in [0.1, 0.15) is 23.3 Å². The average Bonchev–Trinajstić information content (AvgIpc) is 4.05. The monoisotopic (exact) mass is 881 g/mol. The van der Waals surface area contributed by atoms with E-state index in [9.17, 15) is 0 Å². The maximum Gasteiger partial charge on any atom is 0.160 e. The van der Waals surface area contributed by atoms with Gasteiger partial charge < -0.3 is 18.9 Å². The molecule has 6 nitrogen and oxygen atoms in total. The molecule has 322 valence electrons. The van der Waals surface area contributed by atoms with Gasteiger partial charge in [0.05, 0.1) is 22.1 Å². The van der Waals surface area contributed by atoms with E-state index >= 15 is 0 Å². The Hall–Kier alpha value is -9.26. The minimum absolute atomic E-state index is 0.431. The predicted molar refractivity (Wildman–Crippen MR) is 287 cm³/mol. The van der Waals surface area contributed by atoms with Crippen LogP contribution in [-0.4, -0.2) is 20.8 Å². The minimum atomic E-state index is -0.431. The molecule has 1 unspecified atom stereocenters. The highest BCUT2D eigenvalue weighted by molar-refractivity contribution is 6.23. The first-order valence-corrected chi connectivity index (χ1v) is 23.5. The van der Waals surface area contributed by atoms with Gasteiger partial charge in [-0.25, -0.2) is 9.98 Å². The number of aliphatic imine (C=N–C) groups is 2. The largest absolute Gasteiger partial charge is 0.454 e. The lowest BCUT2D eigenvalue weighted by molar-refractivity contribution is 0.664. The summed E-state index contributed by atoms with van der Waals surface area (Å²) in [4.78, 5) is 11.0. The number of furan rings is 1. The van der Waals surface area contributed by atoms with Crippen LogP contribution in [0.15, 0.2) is 239 Å². The van der Waals surface area contributed by atoms with Crippen molar-refractivity contribution in [1.82, 2.24) is 14.5 Å². The summed E-state index contributed by atoms with van der Waals surface area (Å²) in [6, 6.07) is 80.4. The van der Waals surface area contributed by atoms with E-state index in [0.717, 1.165) is 88.2 Å². The first kappa shape index (κ1) is 37.9. The van der Waals surface area contributed by atoms with Gasteiger partial charge in [-0.2, -0.15) is 0 Å². The van der Waals surface area contributed by atoms with Crippen LogP contribution in [0.4, 0.5) is 0 Å². The van der Waals surface area contributed by atoms with Gasteiger partial charge in [-0.15, -0.1) is 0 Å². The van der Waals surface area contributed by atoms with Crippen LogP contribution in [-0.2, 0) is 0 Å². The van der Waals surface area contributed by atoms with Crippen molar-refractivity contribution >= 4 is 110 Å². The van der Waals surface area contributed by atoms with Crippen LogP contribution in [0.5, 0.6) is 0 Å². The van der Waals surface area contributed by atoms with Crippen molar-refractivity contribution in [2.75, 3.05) is 0 Å². The number of nitrogens with zero attached hydrogens (tertiary/aromatic N) is 4. The van der Waals surface area contributed by atoms with Crippen LogP contribution in [0.1, 0.15) is 22.9 Å². The lowest BCUT2D eigenvalue weighted by Crippen LogP contribution is -2.34. The van der Waals surface area contributed by atoms with Gasteiger partial charge in [0.15, 0.2) is 11.4 Å². The van der Waals surface area contributed by atoms with E-state index in [4.69, 9.17) is 14.4 Å². The summed E-state index contributed by atoms with van der Waals surface area (Å²) in [7, 11) is 0. The van der Waals surface area contributed by atoms with Gasteiger partial charge in [-0.3, -0.25) is 0 Å². The Kier molecular flexibility index (Phi) is 8.03. The van der Waals surface area contributed by atoms with E-state index in [0.29, 0.717) is 11.7 Å². The smallest absolute Gasteiger partial charge is 0.160 e. The van der Waals surface area contributed by atoms with E-state index in [-0.39, 0.29) is 0 Å². The van der Waals surface area contributed by atoms with Gasteiger partial charge in [0, 0.05) is 49.1 Å². The molecule has 4 heterocycles. The summed E-state index contributed by atoms with van der Waals surface area (Å²) in [6.45, 7) is 0. The molecule has 15 rings (SSSR count). The molecule has 0 bridgehead atoms. The summed E-state index contributed by atoms with van der Waals surface area (Å²) < 4.78 is 12.0. The molecule has 1 atom stereocenters. The van der Waals surface area contributed by atoms with Gasteiger partial charge in [-0.05, 0) is 111 Å². The summed E-state index contributed by atoms with van der Waals surface area (Å²) in [5.41, 5.74) is 10.9. The average molecular weight is 882 g/mol. The molecule has 11 aromatic carbocycles. The van der Waals surface area contributed by atoms with Crippen LogP contribution in [0.2, 0.25) is 0 Å². The van der Waals surface area contributed by atoms with Crippen molar-refractivity contribution in [3.8, 4) is 11.4 Å². The Labute approximate surface area is 395 Å². The SMILES string of the molecule is c1ccc(C2N=C(c3ccc4c5ccccc5n(-c5ccccc5)c4c3)N=C(c3ccc4c(oc5cc6ccccc6cc54)c3-n3c4cc5ccccc5cc4c4cc5ccccc5cc43)N2)cc1. The van der Waals surface area contributed by atoms with Crippen LogP contribution in [0, 0.1) is 0 Å². The van der Waals surface area contributed by atoms with Crippen molar-refractivity contribution < 1.29 is 4.42 Å². The maximum atomic E-state index is 7.24. The van der Waals surface area contributed by atoms with Gasteiger partial charge >= 0.3 is 0 Å². The fourth-order valence-corrected chi connectivity index (χ4v) is 11.0. The second-order valence-electron chi connectivity index (χ2n) is 18.2. The molecule has 0 fully saturated rings. The van der Waals surface area contributed by atoms with Gasteiger partial charge in [0.2, 0.25) is 0 Å². The highest BCUT2D eigenvalue weighted by Crippen LogP contribution is 2.43. The molecule has 0 aliphatic carbocycles. The van der Waals surface area contributed by atoms with E-state index in [2.05, 4.69) is 239 Å². The van der Waals surface area contributed by atoms with E-state index < -0.39 is 6.17 Å². The molecule has 0 radical (unpaired) electrons. The first-order valence-electron chi connectivity index (χ1n) is 23.5. The van der Waals surface area contributed by atoms with Gasteiger partial charge in [-0.1, -0.05) is 152 Å². The fraction of sp³-hybridized carbons (Fsp3) is 0.0159. The molecule has 14 aromatic rings. The standard InChI is InChI=1S/C63H39N5O/c1-3-15-38(16-4-1)61-64-62(45-27-28-48-47-25-13-14-26-54(47)67(55(48)36-45)46-23-5-2-6-24-46)66-63(65-61)50-30-29-49-53-33-41-19-9-12-22-44(41)37-58(53)69-60(49)59(50)68-56-34-42-20-10-7-17-39(42)31-51(56)52-32-40-18-8-11-21-43(40)35-57(52)68/h1-37,61H,(H,64,65,66). The molecule has 1 aliphatic rings. The quantitative estimate of drug-likeness (QED) is 0.187. The number of amidine groups is 2. The number of nitrogens with one attached hydrogen (secondary N) is 1. The Morgan fingerprint density at radius 3 is 1.62 bits per heavy atom. The van der Waals surface area contributed by atoms with E-state index in [1.807, 2.05) is 0 Å². The predicted octanol–water partition coefficient (Wildman–Crippen LogP) is 15.7. The second kappa shape index (κ2) is 14.6. The minimum Gasteiger partial charge on any atom is -0.454 e. The number of hydrogen-bond acceptors (Lipinski definition) is 4. The number of hydrogen-bond donors (Lipinski definition) is 1. The van der Waals surface area contributed by atoms with Crippen molar-refractivity contribution in [2.45, 2.75) is 6.17 Å². The summed E-state index contributed by atoms with van der Waals surface area (Å²) in [5.74, 6) is 1.35. The zero-order valence-corrected chi connectivity index (χ0v) is 37.1. The molecule has 3 aromatic heterocycles. The van der Waals surface area contributed by atoms with Crippen LogP contribution in [0.3, 0.4) is 0 Å². The Morgan fingerprint density at radius 1 is 0.406 bits per heavy atom. The van der Waals surface area contributed by atoms with Crippen molar-refractivity contribution in [3.05, 3.63) is 241 Å². The number of aromatic nitrogens is 2. The molecule has 0 spiro atoms. The summed E-state index contributed by atoms with van der Waals surface area (Å²) >= 11 is 0. The summed E-state index contributed by atoms with van der Waals surface area (Å²) in [5, 5.41) is 17.7. The number of para-hydroxylation sites is 2. The topological polar surface area (TPSA) is 59.8 Å². The third-order valence-electron chi connectivity index (χ3n) is 14.3. The van der Waals surface area contributed by atoms with Crippen molar-refractivity contribution in [2.24, 2.45) is 9.98 Å². The van der Waals surface area contributed by atoms with Crippen molar-refractivity contribution in [1.29, 1.82) is 0 Å². The lowest BCUT2D eigenvalue weighted by atomic mass is 10.0.